The van der Waals surface area contributed by atoms with Gasteiger partial charge in [0.1, 0.15) is 11.3 Å². The fraction of sp³-hybridized carbons (Fsp3) is 0.125. The van der Waals surface area contributed by atoms with Crippen LogP contribution in [-0.4, -0.2) is 29.9 Å². The summed E-state index contributed by atoms with van der Waals surface area (Å²) in [5, 5.41) is 9.34. The highest BCUT2D eigenvalue weighted by Crippen LogP contribution is 2.34. The molecule has 142 valence electrons. The molecule has 0 N–H and O–H groups in total. The van der Waals surface area contributed by atoms with Gasteiger partial charge in [0.2, 0.25) is 0 Å². The number of rotatable bonds is 3. The van der Waals surface area contributed by atoms with Gasteiger partial charge in [-0.2, -0.15) is 5.26 Å². The van der Waals surface area contributed by atoms with Gasteiger partial charge >= 0.3 is 0 Å². The molecule has 2 aromatic carbocycles. The van der Waals surface area contributed by atoms with E-state index < -0.39 is 0 Å². The van der Waals surface area contributed by atoms with Crippen LogP contribution in [0.1, 0.15) is 21.5 Å². The van der Waals surface area contributed by atoms with Crippen LogP contribution in [-0.2, 0) is 0 Å². The zero-order chi connectivity index (χ0) is 20.5. The van der Waals surface area contributed by atoms with Crippen molar-refractivity contribution in [2.45, 2.75) is 6.92 Å². The minimum Gasteiger partial charge on any atom is -0.454 e. The monoisotopic (exact) mass is 381 g/mol. The second kappa shape index (κ2) is 7.25. The average Bonchev–Trinajstić information content (AvgIpc) is 3.18. The Morgan fingerprint density at radius 1 is 1.03 bits per heavy atom. The molecule has 0 fully saturated rings. The summed E-state index contributed by atoms with van der Waals surface area (Å²) in [6.07, 6.45) is 1.74. The Kier molecular flexibility index (Phi) is 4.61. The highest BCUT2D eigenvalue weighted by molar-refractivity contribution is 5.95. The molecule has 0 bridgehead atoms. The highest BCUT2D eigenvalue weighted by atomic mass is 16.3. The molecule has 0 aliphatic carbocycles. The predicted molar refractivity (Wildman–Crippen MR) is 112 cm³/mol. The quantitative estimate of drug-likeness (QED) is 0.498. The lowest BCUT2D eigenvalue weighted by molar-refractivity contribution is 0.0827. The van der Waals surface area contributed by atoms with E-state index in [0.29, 0.717) is 22.5 Å². The van der Waals surface area contributed by atoms with Crippen molar-refractivity contribution in [2.75, 3.05) is 14.1 Å². The Bertz CT molecular complexity index is 1260. The lowest BCUT2D eigenvalue weighted by Gasteiger charge is -2.10. The third-order valence-corrected chi connectivity index (χ3v) is 4.90. The first-order chi connectivity index (χ1) is 14.0. The number of nitriles is 1. The number of furan rings is 1. The van der Waals surface area contributed by atoms with Crippen LogP contribution in [0, 0.1) is 18.3 Å². The molecule has 5 heteroatoms. The zero-order valence-corrected chi connectivity index (χ0v) is 16.4. The normalized spacial score (nSPS) is 10.7. The highest BCUT2D eigenvalue weighted by Gasteiger charge is 2.14. The summed E-state index contributed by atoms with van der Waals surface area (Å²) in [5.74, 6) is 0.634. The van der Waals surface area contributed by atoms with E-state index in [9.17, 15) is 10.1 Å². The molecule has 29 heavy (non-hydrogen) atoms. The number of carbonyl (C=O) groups is 1. The van der Waals surface area contributed by atoms with Crippen LogP contribution >= 0.6 is 0 Å². The Balaban J connectivity index is 1.77. The van der Waals surface area contributed by atoms with Crippen LogP contribution in [0.5, 0.6) is 0 Å². The second-order valence-electron chi connectivity index (χ2n) is 7.10. The molecule has 5 nitrogen and oxygen atoms in total. The van der Waals surface area contributed by atoms with Crippen LogP contribution in [0.15, 0.2) is 65.2 Å². The molecule has 0 saturated heterocycles. The van der Waals surface area contributed by atoms with Gasteiger partial charge in [0.05, 0.1) is 11.6 Å². The predicted octanol–water partition coefficient (Wildman–Crippen LogP) is 5.04. The first-order valence-electron chi connectivity index (χ1n) is 9.19. The van der Waals surface area contributed by atoms with Crippen molar-refractivity contribution in [1.29, 1.82) is 5.26 Å². The number of fused-ring (bicyclic) bond motifs is 1. The van der Waals surface area contributed by atoms with E-state index in [1.165, 1.54) is 0 Å². The molecular weight excluding hydrogens is 362 g/mol. The fourth-order valence-electron chi connectivity index (χ4n) is 3.25. The molecule has 2 heterocycles. The molecule has 0 radical (unpaired) electrons. The molecule has 0 aliphatic rings. The topological polar surface area (TPSA) is 70.1 Å². The minimum absolute atomic E-state index is 0.0437. The molecule has 0 atom stereocenters. The molecule has 0 saturated carbocycles. The van der Waals surface area contributed by atoms with E-state index in [1.807, 2.05) is 49.4 Å². The number of aromatic nitrogens is 1. The van der Waals surface area contributed by atoms with Crippen LogP contribution in [0.4, 0.5) is 0 Å². The van der Waals surface area contributed by atoms with Gasteiger partial charge in [-0.05, 0) is 42.3 Å². The average molecular weight is 381 g/mol. The lowest BCUT2D eigenvalue weighted by Crippen LogP contribution is -2.21. The maximum absolute atomic E-state index is 12.1. The van der Waals surface area contributed by atoms with Crippen molar-refractivity contribution < 1.29 is 9.21 Å². The van der Waals surface area contributed by atoms with Gasteiger partial charge in [0.25, 0.3) is 5.91 Å². The van der Waals surface area contributed by atoms with Gasteiger partial charge in [-0.25, -0.2) is 0 Å². The Labute approximate surface area is 168 Å². The van der Waals surface area contributed by atoms with Crippen molar-refractivity contribution in [3.63, 3.8) is 0 Å². The van der Waals surface area contributed by atoms with Crippen LogP contribution in [0.25, 0.3) is 33.6 Å². The number of hydrogen-bond acceptors (Lipinski definition) is 4. The van der Waals surface area contributed by atoms with E-state index in [-0.39, 0.29) is 5.91 Å². The molecular formula is C24H19N3O2. The van der Waals surface area contributed by atoms with Crippen molar-refractivity contribution in [3.8, 4) is 28.5 Å². The molecule has 0 unspecified atom stereocenters. The van der Waals surface area contributed by atoms with E-state index in [0.717, 1.165) is 27.8 Å². The largest absolute Gasteiger partial charge is 0.454 e. The van der Waals surface area contributed by atoms with E-state index in [1.54, 1.807) is 37.3 Å². The first-order valence-corrected chi connectivity index (χ1v) is 9.19. The molecule has 0 spiro atoms. The molecule has 2 aromatic heterocycles. The van der Waals surface area contributed by atoms with Crippen molar-refractivity contribution >= 4 is 17.0 Å². The van der Waals surface area contributed by atoms with Crippen LogP contribution in [0.3, 0.4) is 0 Å². The van der Waals surface area contributed by atoms with Crippen LogP contribution in [0.2, 0.25) is 0 Å². The number of pyridine rings is 1. The summed E-state index contributed by atoms with van der Waals surface area (Å²) in [7, 11) is 3.46. The third kappa shape index (κ3) is 3.37. The number of carbonyl (C=O) groups excluding carboxylic acids is 1. The number of amides is 1. The first kappa shape index (κ1) is 18.5. The maximum atomic E-state index is 12.1. The molecule has 4 rings (SSSR count). The van der Waals surface area contributed by atoms with Gasteiger partial charge in [0.15, 0.2) is 5.58 Å². The number of nitrogens with zero attached hydrogens (tertiary/aromatic N) is 3. The van der Waals surface area contributed by atoms with Gasteiger partial charge in [0, 0.05) is 43.0 Å². The van der Waals surface area contributed by atoms with E-state index >= 15 is 0 Å². The third-order valence-electron chi connectivity index (χ3n) is 4.90. The molecule has 1 amide bonds. The summed E-state index contributed by atoms with van der Waals surface area (Å²) in [6, 6.07) is 19.1. The fourth-order valence-corrected chi connectivity index (χ4v) is 3.25. The zero-order valence-electron chi connectivity index (χ0n) is 16.4. The summed E-state index contributed by atoms with van der Waals surface area (Å²) < 4.78 is 6.15. The smallest absolute Gasteiger partial charge is 0.253 e. The lowest BCUT2D eigenvalue weighted by atomic mass is 10.0. The second-order valence-corrected chi connectivity index (χ2v) is 7.10. The Morgan fingerprint density at radius 3 is 2.45 bits per heavy atom. The van der Waals surface area contributed by atoms with Crippen molar-refractivity contribution in [3.05, 3.63) is 77.5 Å². The van der Waals surface area contributed by atoms with Gasteiger partial charge in [-0.3, -0.25) is 9.78 Å². The van der Waals surface area contributed by atoms with Gasteiger partial charge < -0.3 is 9.32 Å². The van der Waals surface area contributed by atoms with Gasteiger partial charge in [-0.15, -0.1) is 0 Å². The summed E-state index contributed by atoms with van der Waals surface area (Å²) in [4.78, 5) is 18.0. The summed E-state index contributed by atoms with van der Waals surface area (Å²) in [6.45, 7) is 1.92. The van der Waals surface area contributed by atoms with Crippen molar-refractivity contribution in [1.82, 2.24) is 9.88 Å². The Hall–Kier alpha value is -3.91. The molecule has 0 aliphatic heterocycles. The number of benzene rings is 2. The van der Waals surface area contributed by atoms with Crippen molar-refractivity contribution in [2.24, 2.45) is 0 Å². The van der Waals surface area contributed by atoms with Gasteiger partial charge in [-0.1, -0.05) is 24.3 Å². The Morgan fingerprint density at radius 2 is 1.76 bits per heavy atom. The number of aryl methyl sites for hydroxylation is 1. The van der Waals surface area contributed by atoms with Crippen LogP contribution < -0.4 is 0 Å². The molecule has 4 aromatic rings. The minimum atomic E-state index is -0.0437. The van der Waals surface area contributed by atoms with E-state index in [2.05, 4.69) is 11.1 Å². The summed E-state index contributed by atoms with van der Waals surface area (Å²) in [5.41, 5.74) is 6.27. The number of hydrogen-bond donors (Lipinski definition) is 0. The SMILES string of the molecule is Cc1ccc(-c2ccnc3cc(-c4ccc(C(=O)N(C)C)cc4)oc23)cc1C#N. The maximum Gasteiger partial charge on any atom is 0.253 e. The van der Waals surface area contributed by atoms with E-state index in [4.69, 9.17) is 4.42 Å². The summed E-state index contributed by atoms with van der Waals surface area (Å²) >= 11 is 0. The standard InChI is InChI=1S/C24H19N3O2/c1-15-4-5-18(12-19(15)14-25)20-10-11-26-21-13-22(29-23(20)21)16-6-8-17(9-7-16)24(28)27(2)3/h4-13H,1-3H3.